The van der Waals surface area contributed by atoms with Crippen LogP contribution < -0.4 is 14.4 Å². The summed E-state index contributed by atoms with van der Waals surface area (Å²) in [6.07, 6.45) is 2.76. The van der Waals surface area contributed by atoms with Gasteiger partial charge in [0, 0.05) is 43.5 Å². The molecule has 4 aliphatic heterocycles. The van der Waals surface area contributed by atoms with Gasteiger partial charge >= 0.3 is 12.1 Å². The molecular formula is C28H36BrF2N5O4. The summed E-state index contributed by atoms with van der Waals surface area (Å²) in [6, 6.07) is 1.75. The number of aromatic nitrogens is 2. The van der Waals surface area contributed by atoms with E-state index < -0.39 is 17.6 Å². The molecule has 4 saturated heterocycles. The Morgan fingerprint density at radius 1 is 1.20 bits per heavy atom. The van der Waals surface area contributed by atoms with Crippen molar-refractivity contribution in [2.45, 2.75) is 82.3 Å². The Kier molecular flexibility index (Phi) is 7.00. The lowest BCUT2D eigenvalue weighted by atomic mass is 9.95. The number of fused-ring (bicyclic) bond motifs is 4. The second-order valence-electron chi connectivity index (χ2n) is 12.5. The van der Waals surface area contributed by atoms with E-state index in [2.05, 4.69) is 30.7 Å². The van der Waals surface area contributed by atoms with Gasteiger partial charge in [0.1, 0.15) is 35.5 Å². The molecule has 4 fully saturated rings. The van der Waals surface area contributed by atoms with Crippen molar-refractivity contribution < 1.29 is 27.8 Å². The van der Waals surface area contributed by atoms with Gasteiger partial charge in [0.15, 0.2) is 5.82 Å². The van der Waals surface area contributed by atoms with Gasteiger partial charge in [-0.05, 0) is 75.0 Å². The number of hydrogen-bond donors (Lipinski definition) is 0. The highest BCUT2D eigenvalue weighted by molar-refractivity contribution is 9.10. The third kappa shape index (κ3) is 4.84. The molecule has 4 aliphatic rings. The summed E-state index contributed by atoms with van der Waals surface area (Å²) in [5.74, 6) is 0.327. The number of amides is 1. The lowest BCUT2D eigenvalue weighted by molar-refractivity contribution is 0.0209. The van der Waals surface area contributed by atoms with Crippen molar-refractivity contribution in [1.29, 1.82) is 0 Å². The van der Waals surface area contributed by atoms with Gasteiger partial charge in [0.05, 0.1) is 17.1 Å². The monoisotopic (exact) mass is 623 g/mol. The van der Waals surface area contributed by atoms with Crippen LogP contribution in [0.1, 0.15) is 52.9 Å². The molecular weight excluding hydrogens is 588 g/mol. The minimum atomic E-state index is -0.880. The third-order valence-electron chi connectivity index (χ3n) is 8.63. The number of carbonyl (C=O) groups excluding carboxylic acids is 1. The zero-order valence-corrected chi connectivity index (χ0v) is 25.0. The quantitative estimate of drug-likeness (QED) is 0.456. The number of hydrogen-bond acceptors (Lipinski definition) is 8. The standard InChI is InChI=1S/C28H36BrF2N5O4/c1-27(2,3)40-26(37)34-13-17-6-7-18(14-34)36(17)24-19-10-20(38-4)21(29)22(31)23(19)32-25(33-24)39-15-28-8-5-9-35(28)12-16(30)11-28/h10,16-18H,5-9,11-15H2,1-4H3/t16-,17-,18+,28+/m1/s1. The molecule has 1 aromatic heterocycles. The fourth-order valence-corrected chi connectivity index (χ4v) is 7.39. The van der Waals surface area contributed by atoms with Crippen LogP contribution in [0, 0.1) is 5.82 Å². The minimum absolute atomic E-state index is 0.0269. The van der Waals surface area contributed by atoms with Gasteiger partial charge in [0.25, 0.3) is 0 Å². The number of benzene rings is 1. The third-order valence-corrected chi connectivity index (χ3v) is 9.37. The van der Waals surface area contributed by atoms with E-state index in [-0.39, 0.29) is 46.3 Å². The SMILES string of the molecule is COc1cc2c(N3[C@@H]4CC[C@H]3CN(C(=O)OC(C)(C)C)C4)nc(OC[C@@]34CCCN3C[C@H](F)C4)nc2c(F)c1Br. The zero-order valence-electron chi connectivity index (χ0n) is 23.4. The summed E-state index contributed by atoms with van der Waals surface area (Å²) in [5, 5.41) is 0.512. The molecule has 6 rings (SSSR count). The van der Waals surface area contributed by atoms with Gasteiger partial charge < -0.3 is 24.0 Å². The van der Waals surface area contributed by atoms with Crippen LogP contribution in [0.15, 0.2) is 10.5 Å². The van der Waals surface area contributed by atoms with Crippen molar-refractivity contribution in [3.8, 4) is 11.8 Å². The number of halogens is 3. The normalized spacial score (nSPS) is 28.3. The molecule has 0 spiro atoms. The molecule has 1 amide bonds. The van der Waals surface area contributed by atoms with Crippen LogP contribution in [0.5, 0.6) is 11.8 Å². The van der Waals surface area contributed by atoms with Crippen molar-refractivity contribution in [1.82, 2.24) is 19.8 Å². The number of nitrogens with zero attached hydrogens (tertiary/aromatic N) is 5. The van der Waals surface area contributed by atoms with Crippen molar-refractivity contribution in [2.24, 2.45) is 0 Å². The van der Waals surface area contributed by atoms with E-state index in [9.17, 15) is 9.18 Å². The van der Waals surface area contributed by atoms with Crippen LogP contribution in [0.25, 0.3) is 10.9 Å². The molecule has 0 saturated carbocycles. The Bertz CT molecular complexity index is 1310. The summed E-state index contributed by atoms with van der Waals surface area (Å²) in [5.41, 5.74) is -0.841. The van der Waals surface area contributed by atoms with Gasteiger partial charge in [-0.3, -0.25) is 4.90 Å². The summed E-state index contributed by atoms with van der Waals surface area (Å²) >= 11 is 3.30. The van der Waals surface area contributed by atoms with Gasteiger partial charge in [0.2, 0.25) is 0 Å². The first-order valence-electron chi connectivity index (χ1n) is 14.0. The van der Waals surface area contributed by atoms with Crippen molar-refractivity contribution in [2.75, 3.05) is 44.8 Å². The lowest BCUT2D eigenvalue weighted by Gasteiger charge is -2.42. The molecule has 12 heteroatoms. The van der Waals surface area contributed by atoms with Crippen molar-refractivity contribution in [3.63, 3.8) is 0 Å². The Balaban J connectivity index is 1.35. The van der Waals surface area contributed by atoms with Crippen LogP contribution >= 0.6 is 15.9 Å². The van der Waals surface area contributed by atoms with Gasteiger partial charge in [-0.1, -0.05) is 0 Å². The van der Waals surface area contributed by atoms with E-state index in [0.29, 0.717) is 43.0 Å². The number of likely N-dealkylation sites (tertiary alicyclic amines) is 1. The van der Waals surface area contributed by atoms with Gasteiger partial charge in [-0.25, -0.2) is 13.6 Å². The average Bonchev–Trinajstić information content (AvgIpc) is 3.50. The van der Waals surface area contributed by atoms with Crippen LogP contribution in [0.3, 0.4) is 0 Å². The first-order chi connectivity index (χ1) is 19.0. The van der Waals surface area contributed by atoms with Crippen molar-refractivity contribution in [3.05, 3.63) is 16.4 Å². The predicted octanol–water partition coefficient (Wildman–Crippen LogP) is 5.08. The fourth-order valence-electron chi connectivity index (χ4n) is 6.93. The molecule has 0 aliphatic carbocycles. The van der Waals surface area contributed by atoms with Gasteiger partial charge in [-0.2, -0.15) is 9.97 Å². The summed E-state index contributed by atoms with van der Waals surface area (Å²) in [7, 11) is 1.49. The number of methoxy groups -OCH3 is 1. The molecule has 1 aromatic carbocycles. The smallest absolute Gasteiger partial charge is 0.410 e. The number of ether oxygens (including phenoxy) is 3. The Labute approximate surface area is 241 Å². The second kappa shape index (κ2) is 10.1. The van der Waals surface area contributed by atoms with Crippen LogP contribution in [-0.4, -0.2) is 95.2 Å². The molecule has 40 heavy (non-hydrogen) atoms. The average molecular weight is 625 g/mol. The maximum Gasteiger partial charge on any atom is 0.410 e. The van der Waals surface area contributed by atoms with E-state index in [0.717, 1.165) is 32.2 Å². The molecule has 9 nitrogen and oxygen atoms in total. The van der Waals surface area contributed by atoms with Crippen LogP contribution in [0.4, 0.5) is 19.4 Å². The number of rotatable bonds is 5. The molecule has 0 N–H and O–H groups in total. The highest BCUT2D eigenvalue weighted by Gasteiger charge is 2.50. The molecule has 2 bridgehead atoms. The highest BCUT2D eigenvalue weighted by atomic mass is 79.9. The maximum atomic E-state index is 15.7. The summed E-state index contributed by atoms with van der Waals surface area (Å²) in [4.78, 5) is 28.3. The van der Waals surface area contributed by atoms with E-state index in [1.54, 1.807) is 11.0 Å². The second-order valence-corrected chi connectivity index (χ2v) is 13.3. The van der Waals surface area contributed by atoms with E-state index in [1.807, 2.05) is 20.8 Å². The Morgan fingerprint density at radius 3 is 2.60 bits per heavy atom. The summed E-state index contributed by atoms with van der Waals surface area (Å²) in [6.45, 7) is 8.02. The molecule has 0 unspecified atom stereocenters. The molecule has 218 valence electrons. The Hall–Kier alpha value is -2.47. The van der Waals surface area contributed by atoms with Gasteiger partial charge in [-0.15, -0.1) is 0 Å². The maximum absolute atomic E-state index is 15.7. The molecule has 0 radical (unpaired) electrons. The fraction of sp³-hybridized carbons (Fsp3) is 0.679. The number of alkyl halides is 1. The highest BCUT2D eigenvalue weighted by Crippen LogP contribution is 2.43. The molecule has 4 atom stereocenters. The molecule has 5 heterocycles. The largest absolute Gasteiger partial charge is 0.495 e. The lowest BCUT2D eigenvalue weighted by Crippen LogP contribution is -2.56. The number of carbonyl (C=O) groups is 1. The van der Waals surface area contributed by atoms with E-state index in [4.69, 9.17) is 19.2 Å². The number of anilines is 1. The first-order valence-corrected chi connectivity index (χ1v) is 14.8. The van der Waals surface area contributed by atoms with Crippen LogP contribution in [-0.2, 0) is 4.74 Å². The Morgan fingerprint density at radius 2 is 1.93 bits per heavy atom. The predicted molar refractivity (Wildman–Crippen MR) is 149 cm³/mol. The number of piperazine rings is 1. The summed E-state index contributed by atoms with van der Waals surface area (Å²) < 4.78 is 47.5. The zero-order chi connectivity index (χ0) is 28.4. The van der Waals surface area contributed by atoms with E-state index >= 15 is 4.39 Å². The topological polar surface area (TPSA) is 80.3 Å². The van der Waals surface area contributed by atoms with E-state index in [1.165, 1.54) is 7.11 Å². The minimum Gasteiger partial charge on any atom is -0.495 e. The first kappa shape index (κ1) is 27.7. The van der Waals surface area contributed by atoms with Crippen LogP contribution in [0.2, 0.25) is 0 Å². The molecule has 2 aromatic rings. The van der Waals surface area contributed by atoms with Crippen molar-refractivity contribution >= 4 is 38.7 Å².